The van der Waals surface area contributed by atoms with Crippen LogP contribution in [0.15, 0.2) is 73.2 Å². The number of aromatic nitrogens is 4. The summed E-state index contributed by atoms with van der Waals surface area (Å²) in [5.74, 6) is 0.833. The van der Waals surface area contributed by atoms with Crippen molar-refractivity contribution in [3.8, 4) is 28.3 Å². The van der Waals surface area contributed by atoms with Gasteiger partial charge in [0, 0.05) is 18.3 Å². The Morgan fingerprint density at radius 3 is 2.47 bits per heavy atom. The Hall–Kier alpha value is -4.00. The highest BCUT2D eigenvalue weighted by molar-refractivity contribution is 6.03. The lowest BCUT2D eigenvalue weighted by Crippen LogP contribution is -2.61. The monoisotopic (exact) mass is 451 g/mol. The number of carbonyl (C=O) groups excluding carboxylic acids is 1. The number of fused-ring (bicyclic) bond motifs is 1. The van der Waals surface area contributed by atoms with Gasteiger partial charge < -0.3 is 9.64 Å². The van der Waals surface area contributed by atoms with E-state index in [1.807, 2.05) is 65.3 Å². The van der Waals surface area contributed by atoms with Crippen LogP contribution in [-0.4, -0.2) is 43.2 Å². The van der Waals surface area contributed by atoms with E-state index in [-0.39, 0.29) is 11.4 Å². The first kappa shape index (κ1) is 20.6. The van der Waals surface area contributed by atoms with Gasteiger partial charge in [-0.15, -0.1) is 0 Å². The molecule has 0 bridgehead atoms. The van der Waals surface area contributed by atoms with Crippen LogP contribution in [0.1, 0.15) is 35.3 Å². The molecule has 0 N–H and O–H groups in total. The van der Waals surface area contributed by atoms with E-state index in [1.54, 1.807) is 13.3 Å². The lowest BCUT2D eigenvalue weighted by Gasteiger charge is -2.52. The van der Waals surface area contributed by atoms with Crippen LogP contribution in [0.2, 0.25) is 0 Å². The molecule has 2 aromatic carbocycles. The van der Waals surface area contributed by atoms with E-state index in [9.17, 15) is 4.79 Å². The SMILES string of the molecule is COc1ccc(CN2C(=O)c3c(-c4ccccc4)c(-c4ccncn4)nn3CC23CCC3)cc1. The molecule has 7 nitrogen and oxygen atoms in total. The number of methoxy groups -OCH3 is 1. The second-order valence-corrected chi connectivity index (χ2v) is 9.01. The van der Waals surface area contributed by atoms with Gasteiger partial charge in [0.25, 0.3) is 5.91 Å². The number of hydrogen-bond acceptors (Lipinski definition) is 5. The zero-order chi connectivity index (χ0) is 23.1. The normalized spacial score (nSPS) is 16.3. The zero-order valence-electron chi connectivity index (χ0n) is 19.0. The molecule has 6 rings (SSSR count). The number of ether oxygens (including phenoxy) is 1. The minimum absolute atomic E-state index is 0.0217. The van der Waals surface area contributed by atoms with Crippen molar-refractivity contribution in [2.75, 3.05) is 7.11 Å². The fourth-order valence-corrected chi connectivity index (χ4v) is 5.16. The Balaban J connectivity index is 1.49. The molecule has 0 saturated heterocycles. The van der Waals surface area contributed by atoms with Crippen LogP contribution >= 0.6 is 0 Å². The lowest BCUT2D eigenvalue weighted by molar-refractivity contribution is -0.0122. The molecule has 0 radical (unpaired) electrons. The molecule has 0 atom stereocenters. The predicted molar refractivity (Wildman–Crippen MR) is 128 cm³/mol. The largest absolute Gasteiger partial charge is 0.497 e. The van der Waals surface area contributed by atoms with E-state index in [0.717, 1.165) is 47.4 Å². The van der Waals surface area contributed by atoms with Crippen molar-refractivity contribution in [2.45, 2.75) is 37.9 Å². The Morgan fingerprint density at radius 1 is 1.03 bits per heavy atom. The summed E-state index contributed by atoms with van der Waals surface area (Å²) in [7, 11) is 1.66. The van der Waals surface area contributed by atoms with Crippen molar-refractivity contribution >= 4 is 5.91 Å². The van der Waals surface area contributed by atoms with Crippen molar-refractivity contribution in [2.24, 2.45) is 0 Å². The molecule has 1 fully saturated rings. The number of carbonyl (C=O) groups is 1. The van der Waals surface area contributed by atoms with Crippen LogP contribution < -0.4 is 4.74 Å². The second kappa shape index (κ2) is 8.09. The zero-order valence-corrected chi connectivity index (χ0v) is 19.0. The standard InChI is InChI=1S/C27H25N5O2/c1-34-21-10-8-19(9-11-21)16-31-26(33)25-23(20-6-3-2-4-7-20)24(22-12-15-28-18-29-22)30-32(25)17-27(31)13-5-14-27/h2-4,6-12,15,18H,5,13-14,16-17H2,1H3. The van der Waals surface area contributed by atoms with Crippen LogP contribution in [0.3, 0.4) is 0 Å². The third-order valence-corrected chi connectivity index (χ3v) is 7.09. The summed E-state index contributed by atoms with van der Waals surface area (Å²) in [5, 5.41) is 4.95. The van der Waals surface area contributed by atoms with E-state index < -0.39 is 0 Å². The van der Waals surface area contributed by atoms with Crippen LogP contribution in [-0.2, 0) is 13.1 Å². The maximum atomic E-state index is 14.2. The summed E-state index contributed by atoms with van der Waals surface area (Å²) >= 11 is 0. The van der Waals surface area contributed by atoms with Gasteiger partial charge in [0.1, 0.15) is 23.5 Å². The summed E-state index contributed by atoms with van der Waals surface area (Å²) < 4.78 is 7.23. The first-order valence-corrected chi connectivity index (χ1v) is 11.6. The Bertz CT molecular complexity index is 1330. The minimum atomic E-state index is -0.201. The van der Waals surface area contributed by atoms with Crippen molar-refractivity contribution in [1.29, 1.82) is 0 Å². The summed E-state index contributed by atoms with van der Waals surface area (Å²) in [4.78, 5) is 24.8. The molecule has 2 aromatic heterocycles. The van der Waals surface area contributed by atoms with Crippen LogP contribution in [0.25, 0.3) is 22.5 Å². The minimum Gasteiger partial charge on any atom is -0.497 e. The second-order valence-electron chi connectivity index (χ2n) is 9.01. The molecule has 1 amide bonds. The maximum Gasteiger partial charge on any atom is 0.273 e. The van der Waals surface area contributed by atoms with Crippen LogP contribution in [0, 0.1) is 0 Å². The molecule has 170 valence electrons. The van der Waals surface area contributed by atoms with E-state index in [2.05, 4.69) is 14.9 Å². The van der Waals surface area contributed by atoms with E-state index in [1.165, 1.54) is 6.33 Å². The molecular weight excluding hydrogens is 426 g/mol. The molecule has 2 aliphatic rings. The number of benzene rings is 2. The van der Waals surface area contributed by atoms with Gasteiger partial charge in [0.15, 0.2) is 0 Å². The van der Waals surface area contributed by atoms with Gasteiger partial charge >= 0.3 is 0 Å². The molecule has 3 heterocycles. The quantitative estimate of drug-likeness (QED) is 0.444. The molecule has 1 aliphatic heterocycles. The molecule has 1 aliphatic carbocycles. The maximum absolute atomic E-state index is 14.2. The van der Waals surface area contributed by atoms with Gasteiger partial charge in [0.05, 0.1) is 24.9 Å². The average molecular weight is 452 g/mol. The Kier molecular flexibility index (Phi) is 4.90. The van der Waals surface area contributed by atoms with Gasteiger partial charge in [-0.1, -0.05) is 42.5 Å². The van der Waals surface area contributed by atoms with Gasteiger partial charge in [-0.05, 0) is 48.6 Å². The molecule has 1 saturated carbocycles. The molecule has 1 spiro atoms. The summed E-state index contributed by atoms with van der Waals surface area (Å²) in [6.07, 6.45) is 6.32. The van der Waals surface area contributed by atoms with E-state index in [4.69, 9.17) is 9.84 Å². The Labute approximate surface area is 198 Å². The number of hydrogen-bond donors (Lipinski definition) is 0. The van der Waals surface area contributed by atoms with Gasteiger partial charge in [-0.25, -0.2) is 9.97 Å². The first-order chi connectivity index (χ1) is 16.7. The topological polar surface area (TPSA) is 73.1 Å². The Morgan fingerprint density at radius 2 is 1.82 bits per heavy atom. The summed E-state index contributed by atoms with van der Waals surface area (Å²) in [5.41, 5.74) is 4.74. The predicted octanol–water partition coefficient (Wildman–Crippen LogP) is 4.59. The third-order valence-electron chi connectivity index (χ3n) is 7.09. The highest BCUT2D eigenvalue weighted by Crippen LogP contribution is 2.46. The van der Waals surface area contributed by atoms with Crippen LogP contribution in [0.5, 0.6) is 5.75 Å². The van der Waals surface area contributed by atoms with Crippen molar-refractivity contribution < 1.29 is 9.53 Å². The van der Waals surface area contributed by atoms with Crippen molar-refractivity contribution in [3.05, 3.63) is 84.4 Å². The molecule has 0 unspecified atom stereocenters. The van der Waals surface area contributed by atoms with Gasteiger partial charge in [0.2, 0.25) is 0 Å². The summed E-state index contributed by atoms with van der Waals surface area (Å²) in [6, 6.07) is 19.8. The molecule has 34 heavy (non-hydrogen) atoms. The fraction of sp³-hybridized carbons (Fsp3) is 0.259. The first-order valence-electron chi connectivity index (χ1n) is 11.6. The van der Waals surface area contributed by atoms with Crippen molar-refractivity contribution in [3.63, 3.8) is 0 Å². The molecular formula is C27H25N5O2. The van der Waals surface area contributed by atoms with Crippen LogP contribution in [0.4, 0.5) is 0 Å². The fourth-order valence-electron chi connectivity index (χ4n) is 5.16. The highest BCUT2D eigenvalue weighted by Gasteiger charge is 2.50. The average Bonchev–Trinajstić information content (AvgIpc) is 3.26. The smallest absolute Gasteiger partial charge is 0.273 e. The number of nitrogens with zero attached hydrogens (tertiary/aromatic N) is 5. The number of amides is 1. The highest BCUT2D eigenvalue weighted by atomic mass is 16.5. The van der Waals surface area contributed by atoms with E-state index in [0.29, 0.717) is 24.5 Å². The third kappa shape index (κ3) is 3.27. The molecule has 7 heteroatoms. The lowest BCUT2D eigenvalue weighted by atomic mass is 9.73. The van der Waals surface area contributed by atoms with E-state index >= 15 is 0 Å². The number of rotatable bonds is 5. The van der Waals surface area contributed by atoms with Crippen molar-refractivity contribution in [1.82, 2.24) is 24.6 Å². The van der Waals surface area contributed by atoms with Gasteiger partial charge in [-0.2, -0.15) is 5.10 Å². The molecule has 4 aromatic rings. The summed E-state index contributed by atoms with van der Waals surface area (Å²) in [6.45, 7) is 1.25. The van der Waals surface area contributed by atoms with Gasteiger partial charge in [-0.3, -0.25) is 9.48 Å².